The van der Waals surface area contributed by atoms with Gasteiger partial charge in [0, 0.05) is 6.54 Å². The molecule has 7 heteroatoms. The second kappa shape index (κ2) is 5.68. The van der Waals surface area contributed by atoms with Crippen molar-refractivity contribution in [2.45, 2.75) is 18.9 Å². The van der Waals surface area contributed by atoms with Crippen molar-refractivity contribution < 1.29 is 18.4 Å². The number of sulfonamides is 1. The zero-order valence-electron chi connectivity index (χ0n) is 10.3. The molecular formula is C12H16N2O4S. The molecule has 1 amide bonds. The Hall–Kier alpha value is -1.44. The Morgan fingerprint density at radius 2 is 2.05 bits per heavy atom. The molecule has 0 radical (unpaired) electrons. The molecule has 0 saturated carbocycles. The lowest BCUT2D eigenvalue weighted by atomic mass is 10.1. The summed E-state index contributed by atoms with van der Waals surface area (Å²) < 4.78 is 24.9. The first-order valence-electron chi connectivity index (χ1n) is 6.02. The molecule has 1 aliphatic rings. The fraction of sp³-hybridized carbons (Fsp3) is 0.417. The Bertz CT molecular complexity index is 544. The number of rotatable bonds is 4. The largest absolute Gasteiger partial charge is 0.289 e. The molecule has 0 spiro atoms. The molecule has 1 aromatic rings. The second-order valence-electron chi connectivity index (χ2n) is 4.44. The van der Waals surface area contributed by atoms with E-state index >= 15 is 0 Å². The van der Waals surface area contributed by atoms with E-state index in [1.54, 1.807) is 0 Å². The lowest BCUT2D eigenvalue weighted by Gasteiger charge is -2.21. The van der Waals surface area contributed by atoms with Gasteiger partial charge in [0.05, 0.1) is 5.75 Å². The van der Waals surface area contributed by atoms with E-state index in [4.69, 9.17) is 5.21 Å². The number of benzene rings is 1. The van der Waals surface area contributed by atoms with E-state index < -0.39 is 22.0 Å². The third-order valence-electron chi connectivity index (χ3n) is 3.23. The highest BCUT2D eigenvalue weighted by Crippen LogP contribution is 2.21. The minimum absolute atomic E-state index is 0.0557. The van der Waals surface area contributed by atoms with Gasteiger partial charge in [0.1, 0.15) is 6.04 Å². The van der Waals surface area contributed by atoms with Crippen LogP contribution in [0.5, 0.6) is 0 Å². The van der Waals surface area contributed by atoms with Crippen molar-refractivity contribution in [1.82, 2.24) is 9.79 Å². The number of hydrogen-bond acceptors (Lipinski definition) is 4. The number of carbonyl (C=O) groups is 1. The number of amides is 1. The van der Waals surface area contributed by atoms with Gasteiger partial charge in [0.25, 0.3) is 5.91 Å². The van der Waals surface area contributed by atoms with Crippen LogP contribution >= 0.6 is 0 Å². The molecule has 1 atom stereocenters. The zero-order chi connectivity index (χ0) is 13.9. The Morgan fingerprint density at radius 1 is 1.37 bits per heavy atom. The van der Waals surface area contributed by atoms with Crippen molar-refractivity contribution in [3.8, 4) is 0 Å². The summed E-state index contributed by atoms with van der Waals surface area (Å²) >= 11 is 0. The van der Waals surface area contributed by atoms with Gasteiger partial charge in [-0.1, -0.05) is 30.3 Å². The molecule has 0 aromatic heterocycles. The Morgan fingerprint density at radius 3 is 2.68 bits per heavy atom. The van der Waals surface area contributed by atoms with E-state index in [1.807, 2.05) is 30.3 Å². The molecule has 1 saturated heterocycles. The van der Waals surface area contributed by atoms with Gasteiger partial charge in [-0.15, -0.1) is 0 Å². The van der Waals surface area contributed by atoms with Crippen LogP contribution in [0.4, 0.5) is 0 Å². The first-order valence-corrected chi connectivity index (χ1v) is 7.63. The SMILES string of the molecule is O=C(NO)[C@@H]1CCS(=O)(=O)N1CCc1ccccc1. The van der Waals surface area contributed by atoms with Crippen molar-refractivity contribution in [2.75, 3.05) is 12.3 Å². The molecule has 0 bridgehead atoms. The van der Waals surface area contributed by atoms with Crippen molar-refractivity contribution in [1.29, 1.82) is 0 Å². The number of nitrogens with zero attached hydrogens (tertiary/aromatic N) is 1. The highest BCUT2D eigenvalue weighted by Gasteiger charge is 2.40. The van der Waals surface area contributed by atoms with Crippen LogP contribution in [-0.2, 0) is 21.2 Å². The van der Waals surface area contributed by atoms with Gasteiger partial charge in [-0.25, -0.2) is 13.9 Å². The van der Waals surface area contributed by atoms with E-state index in [2.05, 4.69) is 0 Å². The van der Waals surface area contributed by atoms with E-state index in [0.717, 1.165) is 5.56 Å². The van der Waals surface area contributed by atoms with Crippen LogP contribution in [0.3, 0.4) is 0 Å². The number of hydroxylamine groups is 1. The highest BCUT2D eigenvalue weighted by atomic mass is 32.2. The monoisotopic (exact) mass is 284 g/mol. The molecule has 1 aliphatic heterocycles. The molecule has 2 N–H and O–H groups in total. The van der Waals surface area contributed by atoms with Crippen molar-refractivity contribution >= 4 is 15.9 Å². The Labute approximate surface area is 112 Å². The standard InChI is InChI=1S/C12H16N2O4S/c15-12(13-16)11-7-9-19(17,18)14(11)8-6-10-4-2-1-3-5-10/h1-5,11,16H,6-9H2,(H,13,15)/t11-/m0/s1. The van der Waals surface area contributed by atoms with Crippen molar-refractivity contribution in [3.63, 3.8) is 0 Å². The summed E-state index contributed by atoms with van der Waals surface area (Å²) in [5, 5.41) is 8.65. The minimum atomic E-state index is -3.40. The summed E-state index contributed by atoms with van der Waals surface area (Å²) in [5.41, 5.74) is 2.53. The first-order chi connectivity index (χ1) is 9.04. The second-order valence-corrected chi connectivity index (χ2v) is 6.48. The summed E-state index contributed by atoms with van der Waals surface area (Å²) in [7, 11) is -3.40. The van der Waals surface area contributed by atoms with E-state index in [1.165, 1.54) is 9.79 Å². The lowest BCUT2D eigenvalue weighted by molar-refractivity contribution is -0.132. The van der Waals surface area contributed by atoms with Crippen LogP contribution in [0.25, 0.3) is 0 Å². The van der Waals surface area contributed by atoms with Crippen molar-refractivity contribution in [3.05, 3.63) is 35.9 Å². The summed E-state index contributed by atoms with van der Waals surface area (Å²) in [5.74, 6) is -0.728. The number of nitrogens with one attached hydrogen (secondary N) is 1. The molecule has 1 aromatic carbocycles. The summed E-state index contributed by atoms with van der Waals surface area (Å²) in [6.07, 6.45) is 0.749. The maximum absolute atomic E-state index is 11.9. The summed E-state index contributed by atoms with van der Waals surface area (Å²) in [6.45, 7) is 0.241. The fourth-order valence-electron chi connectivity index (χ4n) is 2.23. The smallest absolute Gasteiger partial charge is 0.261 e. The average molecular weight is 284 g/mol. The molecule has 104 valence electrons. The van der Waals surface area contributed by atoms with Crippen LogP contribution in [0.15, 0.2) is 30.3 Å². The van der Waals surface area contributed by atoms with Crippen molar-refractivity contribution in [2.24, 2.45) is 0 Å². The molecule has 19 heavy (non-hydrogen) atoms. The van der Waals surface area contributed by atoms with E-state index in [-0.39, 0.29) is 18.7 Å². The van der Waals surface area contributed by atoms with E-state index in [0.29, 0.717) is 6.42 Å². The highest BCUT2D eigenvalue weighted by molar-refractivity contribution is 7.89. The predicted octanol–water partition coefficient (Wildman–Crippen LogP) is 0.139. The quantitative estimate of drug-likeness (QED) is 0.608. The molecule has 6 nitrogen and oxygen atoms in total. The average Bonchev–Trinajstić information content (AvgIpc) is 2.72. The van der Waals surface area contributed by atoms with Crippen LogP contribution in [0.2, 0.25) is 0 Å². The number of carbonyl (C=O) groups excluding carboxylic acids is 1. The van der Waals surface area contributed by atoms with Crippen LogP contribution in [-0.4, -0.2) is 42.2 Å². The Balaban J connectivity index is 2.09. The molecule has 2 rings (SSSR count). The Kier molecular flexibility index (Phi) is 4.18. The summed E-state index contributed by atoms with van der Waals surface area (Å²) in [4.78, 5) is 11.5. The minimum Gasteiger partial charge on any atom is -0.289 e. The normalized spacial score (nSPS) is 22.3. The maximum Gasteiger partial charge on any atom is 0.261 e. The van der Waals surface area contributed by atoms with Crippen LogP contribution in [0.1, 0.15) is 12.0 Å². The molecule has 1 fully saturated rings. The van der Waals surface area contributed by atoms with Gasteiger partial charge in [-0.3, -0.25) is 10.0 Å². The predicted molar refractivity (Wildman–Crippen MR) is 69.0 cm³/mol. The number of hydrogen-bond donors (Lipinski definition) is 2. The lowest BCUT2D eigenvalue weighted by Crippen LogP contribution is -2.44. The zero-order valence-corrected chi connectivity index (χ0v) is 11.1. The van der Waals surface area contributed by atoms with Gasteiger partial charge in [0.15, 0.2) is 0 Å². The summed E-state index contributed by atoms with van der Waals surface area (Å²) in [6, 6.07) is 8.65. The third kappa shape index (κ3) is 3.12. The van der Waals surface area contributed by atoms with Gasteiger partial charge in [-0.05, 0) is 18.4 Å². The molecular weight excluding hydrogens is 268 g/mol. The van der Waals surface area contributed by atoms with Gasteiger partial charge >= 0.3 is 0 Å². The third-order valence-corrected chi connectivity index (χ3v) is 5.13. The topological polar surface area (TPSA) is 86.7 Å². The molecule has 1 heterocycles. The molecule has 0 unspecified atom stereocenters. The maximum atomic E-state index is 11.9. The fourth-order valence-corrected chi connectivity index (χ4v) is 3.94. The van der Waals surface area contributed by atoms with Gasteiger partial charge in [0.2, 0.25) is 10.0 Å². The van der Waals surface area contributed by atoms with Crippen LogP contribution < -0.4 is 5.48 Å². The van der Waals surface area contributed by atoms with Gasteiger partial charge < -0.3 is 0 Å². The first kappa shape index (κ1) is 14.0. The van der Waals surface area contributed by atoms with Crippen LogP contribution in [0, 0.1) is 0 Å². The molecule has 0 aliphatic carbocycles. The van der Waals surface area contributed by atoms with E-state index in [9.17, 15) is 13.2 Å². The van der Waals surface area contributed by atoms with Gasteiger partial charge in [-0.2, -0.15) is 4.31 Å².